The molecule has 1 aromatic carbocycles. The van der Waals surface area contributed by atoms with E-state index in [1.54, 1.807) is 18.2 Å². The summed E-state index contributed by atoms with van der Waals surface area (Å²) in [5, 5.41) is 17.7. The SMILES string of the molecule is N#CCC=Cc1cc(Cl)ccc1C(=O)O. The molecule has 0 atom stereocenters. The van der Waals surface area contributed by atoms with Crippen LogP contribution in [0.5, 0.6) is 0 Å². The smallest absolute Gasteiger partial charge is 0.336 e. The first-order valence-corrected chi connectivity index (χ1v) is 4.59. The fourth-order valence-corrected chi connectivity index (χ4v) is 1.29. The van der Waals surface area contributed by atoms with Gasteiger partial charge in [-0.1, -0.05) is 23.8 Å². The zero-order chi connectivity index (χ0) is 11.3. The Labute approximate surface area is 92.2 Å². The lowest BCUT2D eigenvalue weighted by molar-refractivity contribution is 0.0696. The van der Waals surface area contributed by atoms with Gasteiger partial charge in [-0.05, 0) is 23.8 Å². The van der Waals surface area contributed by atoms with Crippen LogP contribution in [0.15, 0.2) is 24.3 Å². The van der Waals surface area contributed by atoms with E-state index in [4.69, 9.17) is 22.0 Å². The highest BCUT2D eigenvalue weighted by Gasteiger charge is 2.07. The van der Waals surface area contributed by atoms with Crippen LogP contribution < -0.4 is 0 Å². The van der Waals surface area contributed by atoms with E-state index < -0.39 is 5.97 Å². The minimum atomic E-state index is -1.01. The Morgan fingerprint density at radius 2 is 2.33 bits per heavy atom. The summed E-state index contributed by atoms with van der Waals surface area (Å²) in [5.41, 5.74) is 0.679. The van der Waals surface area contributed by atoms with Crippen molar-refractivity contribution >= 4 is 23.6 Å². The van der Waals surface area contributed by atoms with Crippen LogP contribution in [0.2, 0.25) is 5.02 Å². The van der Waals surface area contributed by atoms with Gasteiger partial charge in [-0.3, -0.25) is 0 Å². The molecule has 0 fully saturated rings. The molecule has 0 bridgehead atoms. The third kappa shape index (κ3) is 3.12. The summed E-state index contributed by atoms with van der Waals surface area (Å²) in [6.45, 7) is 0. The van der Waals surface area contributed by atoms with Crippen LogP contribution >= 0.6 is 11.6 Å². The number of hydrogen-bond acceptors (Lipinski definition) is 2. The minimum Gasteiger partial charge on any atom is -0.478 e. The molecule has 1 N–H and O–H groups in total. The number of carboxylic acids is 1. The molecule has 0 heterocycles. The zero-order valence-corrected chi connectivity index (χ0v) is 8.53. The number of hydrogen-bond donors (Lipinski definition) is 1. The molecule has 3 nitrogen and oxygen atoms in total. The van der Waals surface area contributed by atoms with Gasteiger partial charge >= 0.3 is 5.97 Å². The molecule has 0 aliphatic rings. The lowest BCUT2D eigenvalue weighted by Gasteiger charge is -2.00. The van der Waals surface area contributed by atoms with Crippen molar-refractivity contribution < 1.29 is 9.90 Å². The number of rotatable bonds is 3. The maximum Gasteiger partial charge on any atom is 0.336 e. The van der Waals surface area contributed by atoms with Crippen molar-refractivity contribution in [2.24, 2.45) is 0 Å². The van der Waals surface area contributed by atoms with Crippen molar-refractivity contribution in [2.75, 3.05) is 0 Å². The van der Waals surface area contributed by atoms with Crippen LogP contribution in [0.25, 0.3) is 6.08 Å². The summed E-state index contributed by atoms with van der Waals surface area (Å²) < 4.78 is 0. The average molecular weight is 222 g/mol. The van der Waals surface area contributed by atoms with E-state index in [1.807, 2.05) is 6.07 Å². The molecular formula is C11H8ClNO2. The summed E-state index contributed by atoms with van der Waals surface area (Å²) >= 11 is 5.74. The topological polar surface area (TPSA) is 61.1 Å². The number of benzene rings is 1. The normalized spacial score (nSPS) is 10.1. The lowest BCUT2D eigenvalue weighted by Crippen LogP contribution is -1.98. The number of carbonyl (C=O) groups is 1. The second-order valence-electron chi connectivity index (χ2n) is 2.80. The van der Waals surface area contributed by atoms with Crippen molar-refractivity contribution in [1.29, 1.82) is 5.26 Å². The largest absolute Gasteiger partial charge is 0.478 e. The second kappa shape index (κ2) is 5.18. The molecule has 0 spiro atoms. The van der Waals surface area contributed by atoms with Gasteiger partial charge in [-0.25, -0.2) is 4.79 Å². The summed E-state index contributed by atoms with van der Waals surface area (Å²) in [6.07, 6.45) is 3.42. The Kier molecular flexibility index (Phi) is 3.90. The van der Waals surface area contributed by atoms with Gasteiger partial charge in [0.05, 0.1) is 18.1 Å². The van der Waals surface area contributed by atoms with Crippen LogP contribution in [0.3, 0.4) is 0 Å². The Morgan fingerprint density at radius 3 is 2.93 bits per heavy atom. The molecule has 76 valence electrons. The number of aromatic carboxylic acids is 1. The summed E-state index contributed by atoms with van der Waals surface area (Å²) in [7, 11) is 0. The van der Waals surface area contributed by atoms with Crippen molar-refractivity contribution in [1.82, 2.24) is 0 Å². The number of allylic oxidation sites excluding steroid dienone is 1. The van der Waals surface area contributed by atoms with Crippen LogP contribution in [0.1, 0.15) is 22.3 Å². The van der Waals surface area contributed by atoms with Crippen molar-refractivity contribution in [3.8, 4) is 6.07 Å². The minimum absolute atomic E-state index is 0.175. The van der Waals surface area contributed by atoms with Crippen LogP contribution in [-0.2, 0) is 0 Å². The van der Waals surface area contributed by atoms with E-state index in [-0.39, 0.29) is 12.0 Å². The Balaban J connectivity index is 3.08. The van der Waals surface area contributed by atoms with E-state index in [0.29, 0.717) is 10.6 Å². The number of carboxylic acid groups (broad SMARTS) is 1. The monoisotopic (exact) mass is 221 g/mol. The van der Waals surface area contributed by atoms with Crippen molar-refractivity contribution in [2.45, 2.75) is 6.42 Å². The highest BCUT2D eigenvalue weighted by molar-refractivity contribution is 6.30. The first kappa shape index (κ1) is 11.3. The molecule has 0 amide bonds. The zero-order valence-electron chi connectivity index (χ0n) is 7.77. The predicted octanol–water partition coefficient (Wildman–Crippen LogP) is 2.97. The van der Waals surface area contributed by atoms with Crippen LogP contribution in [0, 0.1) is 11.3 Å². The fraction of sp³-hybridized carbons (Fsp3) is 0.0909. The molecule has 0 unspecified atom stereocenters. The third-order valence-electron chi connectivity index (χ3n) is 1.75. The van der Waals surface area contributed by atoms with Gasteiger partial charge < -0.3 is 5.11 Å². The van der Waals surface area contributed by atoms with E-state index >= 15 is 0 Å². The number of halogens is 1. The van der Waals surface area contributed by atoms with Crippen molar-refractivity contribution in [3.63, 3.8) is 0 Å². The molecule has 0 aliphatic heterocycles. The van der Waals surface area contributed by atoms with Gasteiger partial charge in [0.1, 0.15) is 0 Å². The van der Waals surface area contributed by atoms with Crippen LogP contribution in [-0.4, -0.2) is 11.1 Å². The molecular weight excluding hydrogens is 214 g/mol. The molecule has 15 heavy (non-hydrogen) atoms. The van der Waals surface area contributed by atoms with Crippen molar-refractivity contribution in [3.05, 3.63) is 40.4 Å². The maximum atomic E-state index is 10.8. The number of nitriles is 1. The summed E-state index contributed by atoms with van der Waals surface area (Å²) in [5.74, 6) is -1.01. The van der Waals surface area contributed by atoms with E-state index in [0.717, 1.165) is 0 Å². The Bertz CT molecular complexity index is 446. The number of nitrogens with zero attached hydrogens (tertiary/aromatic N) is 1. The molecule has 4 heteroatoms. The lowest BCUT2D eigenvalue weighted by atomic mass is 10.1. The molecule has 0 aromatic heterocycles. The molecule has 0 saturated carbocycles. The van der Waals surface area contributed by atoms with E-state index in [1.165, 1.54) is 12.1 Å². The molecule has 0 radical (unpaired) electrons. The van der Waals surface area contributed by atoms with Gasteiger partial charge in [-0.15, -0.1) is 0 Å². The van der Waals surface area contributed by atoms with E-state index in [2.05, 4.69) is 0 Å². The highest BCUT2D eigenvalue weighted by atomic mass is 35.5. The average Bonchev–Trinajstić information content (AvgIpc) is 2.18. The fourth-order valence-electron chi connectivity index (χ4n) is 1.10. The van der Waals surface area contributed by atoms with Gasteiger partial charge in [0.25, 0.3) is 0 Å². The molecule has 0 saturated heterocycles. The molecule has 1 aromatic rings. The first-order chi connectivity index (χ1) is 7.15. The quantitative estimate of drug-likeness (QED) is 0.854. The van der Waals surface area contributed by atoms with Gasteiger partial charge in [0.2, 0.25) is 0 Å². The highest BCUT2D eigenvalue weighted by Crippen LogP contribution is 2.17. The van der Waals surface area contributed by atoms with Gasteiger partial charge in [0, 0.05) is 5.02 Å². The standard InChI is InChI=1S/C11H8ClNO2/c12-9-4-5-10(11(14)15)8(7-9)3-1-2-6-13/h1,3-5,7H,2H2,(H,14,15). The summed E-state index contributed by atoms with van der Waals surface area (Å²) in [4.78, 5) is 10.8. The predicted molar refractivity (Wildman–Crippen MR) is 57.7 cm³/mol. The Hall–Kier alpha value is -1.79. The van der Waals surface area contributed by atoms with Gasteiger partial charge in [0.15, 0.2) is 0 Å². The molecule has 1 rings (SSSR count). The third-order valence-corrected chi connectivity index (χ3v) is 1.99. The van der Waals surface area contributed by atoms with Crippen LogP contribution in [0.4, 0.5) is 0 Å². The maximum absolute atomic E-state index is 10.8. The second-order valence-corrected chi connectivity index (χ2v) is 3.24. The van der Waals surface area contributed by atoms with E-state index in [9.17, 15) is 4.79 Å². The van der Waals surface area contributed by atoms with Gasteiger partial charge in [-0.2, -0.15) is 5.26 Å². The summed E-state index contributed by atoms with van der Waals surface area (Å²) in [6, 6.07) is 6.45. The molecule has 0 aliphatic carbocycles. The Morgan fingerprint density at radius 1 is 1.60 bits per heavy atom. The first-order valence-electron chi connectivity index (χ1n) is 4.21.